The molecule has 34 heavy (non-hydrogen) atoms. The number of carbonyl (C=O) groups is 1. The van der Waals surface area contributed by atoms with Gasteiger partial charge < -0.3 is 19.5 Å². The van der Waals surface area contributed by atoms with Gasteiger partial charge in [-0.05, 0) is 56.3 Å². The minimum absolute atomic E-state index is 0.0588. The number of hydrogen-bond acceptors (Lipinski definition) is 6. The third-order valence-electron chi connectivity index (χ3n) is 6.35. The van der Waals surface area contributed by atoms with E-state index in [9.17, 15) is 13.6 Å². The molecule has 1 saturated carbocycles. The lowest BCUT2D eigenvalue weighted by atomic mass is 10.00. The van der Waals surface area contributed by atoms with Crippen molar-refractivity contribution in [3.63, 3.8) is 0 Å². The third kappa shape index (κ3) is 4.84. The number of nitrogens with one attached hydrogen (secondary N) is 1. The number of pyridine rings is 1. The summed E-state index contributed by atoms with van der Waals surface area (Å²) < 4.78 is 44.4. The minimum Gasteiger partial charge on any atom is -0.496 e. The number of aromatic nitrogens is 2. The number of fused-ring (bicyclic) bond motifs is 1. The van der Waals surface area contributed by atoms with Crippen LogP contribution in [0, 0.1) is 5.92 Å². The fourth-order valence-corrected chi connectivity index (χ4v) is 4.41. The number of imidazole rings is 1. The highest BCUT2D eigenvalue weighted by Crippen LogP contribution is 2.40. The fourth-order valence-electron chi connectivity index (χ4n) is 4.41. The molecular formula is C25H27F2N3O4. The highest BCUT2D eigenvalue weighted by molar-refractivity contribution is 6.02. The molecule has 1 saturated heterocycles. The average Bonchev–Trinajstić information content (AvgIpc) is 3.30. The second-order valence-electron chi connectivity index (χ2n) is 8.84. The van der Waals surface area contributed by atoms with Crippen LogP contribution in [-0.2, 0) is 0 Å². The molecule has 7 nitrogen and oxygen atoms in total. The molecule has 0 amide bonds. The number of methoxy groups -OCH3 is 1. The van der Waals surface area contributed by atoms with E-state index in [1.807, 2.05) is 22.7 Å². The summed E-state index contributed by atoms with van der Waals surface area (Å²) in [6, 6.07) is 7.15. The Labute approximate surface area is 196 Å². The quantitative estimate of drug-likeness (QED) is 0.431. The Balaban J connectivity index is 1.46. The van der Waals surface area contributed by atoms with E-state index in [2.05, 4.69) is 10.3 Å². The molecule has 3 aromatic rings. The van der Waals surface area contributed by atoms with Crippen molar-refractivity contribution >= 4 is 11.4 Å². The van der Waals surface area contributed by atoms with E-state index in [0.717, 1.165) is 32.2 Å². The van der Waals surface area contributed by atoms with Crippen LogP contribution in [0.3, 0.4) is 0 Å². The molecule has 2 fully saturated rings. The van der Waals surface area contributed by atoms with Crippen LogP contribution in [0.2, 0.25) is 0 Å². The van der Waals surface area contributed by atoms with Gasteiger partial charge in [0.1, 0.15) is 35.1 Å². The number of ether oxygens (including phenoxy) is 3. The fraction of sp³-hybridized carbons (Fsp3) is 0.440. The Morgan fingerprint density at radius 3 is 2.76 bits per heavy atom. The van der Waals surface area contributed by atoms with Gasteiger partial charge in [-0.15, -0.1) is 0 Å². The summed E-state index contributed by atoms with van der Waals surface area (Å²) in [6.45, 7) is -1.46. The number of hydrogen-bond donors (Lipinski definition) is 1. The lowest BCUT2D eigenvalue weighted by Gasteiger charge is -2.16. The number of benzene rings is 1. The minimum atomic E-state index is -3.07. The van der Waals surface area contributed by atoms with Crippen LogP contribution in [0.15, 0.2) is 36.7 Å². The van der Waals surface area contributed by atoms with Crippen molar-refractivity contribution in [2.24, 2.45) is 5.92 Å². The Bertz CT molecular complexity index is 1190. The van der Waals surface area contributed by atoms with Crippen LogP contribution in [0.1, 0.15) is 42.5 Å². The number of alkyl halides is 2. The smallest absolute Gasteiger partial charge is 0.387 e. The van der Waals surface area contributed by atoms with Gasteiger partial charge in [-0.2, -0.15) is 8.78 Å². The van der Waals surface area contributed by atoms with Gasteiger partial charge in [0.15, 0.2) is 5.78 Å². The molecule has 2 aromatic heterocycles. The van der Waals surface area contributed by atoms with Crippen LogP contribution in [0.25, 0.3) is 16.9 Å². The summed E-state index contributed by atoms with van der Waals surface area (Å²) in [5.41, 5.74) is 1.91. The second-order valence-corrected chi connectivity index (χ2v) is 8.84. The Morgan fingerprint density at radius 1 is 1.24 bits per heavy atom. The highest BCUT2D eigenvalue weighted by atomic mass is 19.3. The Hall–Kier alpha value is -3.20. The van der Waals surface area contributed by atoms with Crippen LogP contribution in [0.4, 0.5) is 8.78 Å². The number of nitrogens with zero attached hydrogens (tertiary/aromatic N) is 2. The maximum Gasteiger partial charge on any atom is 0.387 e. The van der Waals surface area contributed by atoms with E-state index in [1.165, 1.54) is 13.2 Å². The normalized spacial score (nSPS) is 17.9. The Kier molecular flexibility index (Phi) is 6.36. The molecule has 0 radical (unpaired) electrons. The summed E-state index contributed by atoms with van der Waals surface area (Å²) >= 11 is 0. The molecule has 9 heteroatoms. The van der Waals surface area contributed by atoms with Crippen molar-refractivity contribution in [1.29, 1.82) is 0 Å². The van der Waals surface area contributed by atoms with Crippen LogP contribution in [-0.4, -0.2) is 48.1 Å². The van der Waals surface area contributed by atoms with Crippen molar-refractivity contribution < 1.29 is 27.8 Å². The maximum atomic E-state index is 13.2. The summed E-state index contributed by atoms with van der Waals surface area (Å²) in [5, 5.41) is 3.40. The van der Waals surface area contributed by atoms with Crippen molar-refractivity contribution in [3.05, 3.63) is 42.2 Å². The molecular weight excluding hydrogens is 444 g/mol. The van der Waals surface area contributed by atoms with E-state index in [0.29, 0.717) is 47.6 Å². The van der Waals surface area contributed by atoms with Crippen molar-refractivity contribution in [2.45, 2.75) is 44.8 Å². The molecule has 0 spiro atoms. The molecule has 5 rings (SSSR count). The summed E-state index contributed by atoms with van der Waals surface area (Å²) in [7, 11) is 1.41. The zero-order chi connectivity index (χ0) is 23.7. The monoisotopic (exact) mass is 471 g/mol. The standard InChI is InChI=1S/C25H27F2N3O4/c1-32-21-10-16(11-22(34-25(26)27)24(21)20(31)9-15-4-5-15)19-13-29-23-12-18(6-8-30(19)23)33-14-17-3-2-7-28-17/h6,8,10-13,15,17,25,28H,2-5,7,9,14H2,1H3. The molecule has 3 heterocycles. The summed E-state index contributed by atoms with van der Waals surface area (Å²) in [4.78, 5) is 17.3. The number of halogens is 2. The number of Topliss-reactive ketones (excluding diaryl/α,β-unsaturated/α-hetero) is 1. The number of rotatable bonds is 10. The maximum absolute atomic E-state index is 13.2. The molecule has 1 aromatic carbocycles. The molecule has 1 N–H and O–H groups in total. The number of ketones is 1. The van der Waals surface area contributed by atoms with Gasteiger partial charge in [0.05, 0.1) is 19.0 Å². The predicted octanol–water partition coefficient (Wildman–Crippen LogP) is 4.72. The summed E-state index contributed by atoms with van der Waals surface area (Å²) in [5.74, 6) is 0.777. The van der Waals surface area contributed by atoms with Crippen LogP contribution >= 0.6 is 0 Å². The zero-order valence-electron chi connectivity index (χ0n) is 18.9. The molecule has 1 aliphatic heterocycles. The van der Waals surface area contributed by atoms with Crippen LogP contribution < -0.4 is 19.5 Å². The molecule has 1 unspecified atom stereocenters. The van der Waals surface area contributed by atoms with E-state index in [4.69, 9.17) is 14.2 Å². The average molecular weight is 472 g/mol. The molecule has 1 aliphatic carbocycles. The lowest BCUT2D eigenvalue weighted by Crippen LogP contribution is -2.28. The van der Waals surface area contributed by atoms with E-state index in [-0.39, 0.29) is 22.8 Å². The van der Waals surface area contributed by atoms with Crippen molar-refractivity contribution in [3.8, 4) is 28.5 Å². The first-order valence-corrected chi connectivity index (χ1v) is 11.6. The van der Waals surface area contributed by atoms with Gasteiger partial charge in [0, 0.05) is 30.3 Å². The predicted molar refractivity (Wildman–Crippen MR) is 122 cm³/mol. The molecule has 0 bridgehead atoms. The van der Waals surface area contributed by atoms with E-state index >= 15 is 0 Å². The highest BCUT2D eigenvalue weighted by Gasteiger charge is 2.29. The lowest BCUT2D eigenvalue weighted by molar-refractivity contribution is -0.0502. The zero-order valence-corrected chi connectivity index (χ0v) is 18.9. The first-order chi connectivity index (χ1) is 16.5. The van der Waals surface area contributed by atoms with Gasteiger partial charge >= 0.3 is 6.61 Å². The third-order valence-corrected chi connectivity index (χ3v) is 6.35. The first kappa shape index (κ1) is 22.6. The van der Waals surface area contributed by atoms with E-state index in [1.54, 1.807) is 12.3 Å². The van der Waals surface area contributed by atoms with Gasteiger partial charge in [0.2, 0.25) is 0 Å². The topological polar surface area (TPSA) is 74.1 Å². The van der Waals surface area contributed by atoms with E-state index < -0.39 is 6.61 Å². The Morgan fingerprint density at radius 2 is 2.06 bits per heavy atom. The van der Waals surface area contributed by atoms with Gasteiger partial charge in [-0.1, -0.05) is 0 Å². The van der Waals surface area contributed by atoms with Gasteiger partial charge in [-0.3, -0.25) is 9.20 Å². The molecule has 1 atom stereocenters. The largest absolute Gasteiger partial charge is 0.496 e. The molecule has 180 valence electrons. The first-order valence-electron chi connectivity index (χ1n) is 11.6. The van der Waals surface area contributed by atoms with Gasteiger partial charge in [0.25, 0.3) is 0 Å². The van der Waals surface area contributed by atoms with Crippen molar-refractivity contribution in [2.75, 3.05) is 20.3 Å². The van der Waals surface area contributed by atoms with Gasteiger partial charge in [-0.25, -0.2) is 4.98 Å². The number of carbonyl (C=O) groups excluding carboxylic acids is 1. The molecule has 2 aliphatic rings. The SMILES string of the molecule is COc1cc(-c2cnc3cc(OCC4CCCN4)ccn23)cc(OC(F)F)c1C(=O)CC1CC1. The van der Waals surface area contributed by atoms with Crippen LogP contribution in [0.5, 0.6) is 17.2 Å². The second kappa shape index (κ2) is 9.58. The summed E-state index contributed by atoms with van der Waals surface area (Å²) in [6.07, 6.45) is 7.96. The van der Waals surface area contributed by atoms with Crippen molar-refractivity contribution in [1.82, 2.24) is 14.7 Å².